The molecule has 1 heterocycles. The second-order valence-corrected chi connectivity index (χ2v) is 5.16. The van der Waals surface area contributed by atoms with Crippen LogP contribution < -0.4 is 11.1 Å². The van der Waals surface area contributed by atoms with Crippen molar-refractivity contribution >= 4 is 11.8 Å². The number of piperazine rings is 1. The summed E-state index contributed by atoms with van der Waals surface area (Å²) in [7, 11) is 0. The number of hydrogen-bond acceptors (Lipinski definition) is 4. The summed E-state index contributed by atoms with van der Waals surface area (Å²) < 4.78 is 0. The van der Waals surface area contributed by atoms with Crippen molar-refractivity contribution in [3.8, 4) is 0 Å². The van der Waals surface area contributed by atoms with E-state index in [0.717, 1.165) is 19.6 Å². The molecular weight excluding hydrogens is 194 g/mol. The van der Waals surface area contributed by atoms with Gasteiger partial charge in [-0.2, -0.15) is 11.8 Å². The van der Waals surface area contributed by atoms with Crippen LogP contribution in [0.4, 0.5) is 0 Å². The minimum Gasteiger partial charge on any atom is -0.330 e. The van der Waals surface area contributed by atoms with Gasteiger partial charge in [-0.3, -0.25) is 4.90 Å². The fourth-order valence-corrected chi connectivity index (χ4v) is 2.57. The molecule has 14 heavy (non-hydrogen) atoms. The molecule has 1 rings (SSSR count). The van der Waals surface area contributed by atoms with Crippen molar-refractivity contribution < 1.29 is 0 Å². The topological polar surface area (TPSA) is 41.3 Å². The minimum absolute atomic E-state index is 0.669. The Bertz CT molecular complexity index is 137. The predicted molar refractivity (Wildman–Crippen MR) is 64.9 cm³/mol. The highest BCUT2D eigenvalue weighted by Crippen LogP contribution is 2.07. The molecule has 0 aromatic carbocycles. The van der Waals surface area contributed by atoms with Gasteiger partial charge in [0.15, 0.2) is 0 Å². The third kappa shape index (κ3) is 5.20. The Kier molecular flexibility index (Phi) is 6.60. The normalized spacial score (nSPS) is 21.0. The Balaban J connectivity index is 1.92. The van der Waals surface area contributed by atoms with E-state index in [9.17, 15) is 0 Å². The number of rotatable bonds is 6. The van der Waals surface area contributed by atoms with Crippen molar-refractivity contribution in [1.29, 1.82) is 0 Å². The van der Waals surface area contributed by atoms with Crippen molar-refractivity contribution in [3.63, 3.8) is 0 Å². The van der Waals surface area contributed by atoms with Gasteiger partial charge < -0.3 is 11.1 Å². The smallest absolute Gasteiger partial charge is 0.0108 e. The lowest BCUT2D eigenvalue weighted by molar-refractivity contribution is 0.255. The van der Waals surface area contributed by atoms with Crippen molar-refractivity contribution in [2.24, 2.45) is 11.7 Å². The highest BCUT2D eigenvalue weighted by atomic mass is 32.2. The summed E-state index contributed by atoms with van der Waals surface area (Å²) in [6.07, 6.45) is 0. The lowest BCUT2D eigenvalue weighted by Gasteiger charge is -2.27. The van der Waals surface area contributed by atoms with Gasteiger partial charge in [-0.15, -0.1) is 0 Å². The average Bonchev–Trinajstić information content (AvgIpc) is 2.25. The van der Waals surface area contributed by atoms with Crippen LogP contribution in [-0.2, 0) is 0 Å². The molecule has 0 aromatic rings. The van der Waals surface area contributed by atoms with Gasteiger partial charge in [0.1, 0.15) is 0 Å². The lowest BCUT2D eigenvalue weighted by atomic mass is 10.2. The van der Waals surface area contributed by atoms with Crippen molar-refractivity contribution in [3.05, 3.63) is 0 Å². The first-order valence-electron chi connectivity index (χ1n) is 5.54. The molecule has 1 unspecified atom stereocenters. The zero-order valence-electron chi connectivity index (χ0n) is 9.17. The molecule has 0 saturated carbocycles. The fourth-order valence-electron chi connectivity index (χ4n) is 1.48. The third-order valence-electron chi connectivity index (χ3n) is 2.57. The standard InChI is InChI=1S/C10H23N3S/c1-10(8-11)9-14-7-6-13-4-2-12-3-5-13/h10,12H,2-9,11H2,1H3. The van der Waals surface area contributed by atoms with Crippen molar-refractivity contribution in [2.75, 3.05) is 50.8 Å². The Morgan fingerprint density at radius 3 is 2.79 bits per heavy atom. The molecule has 1 aliphatic heterocycles. The van der Waals surface area contributed by atoms with Gasteiger partial charge in [0, 0.05) is 38.5 Å². The number of thioether (sulfide) groups is 1. The van der Waals surface area contributed by atoms with Gasteiger partial charge in [-0.05, 0) is 18.2 Å². The molecule has 4 heteroatoms. The molecule has 84 valence electrons. The quantitative estimate of drug-likeness (QED) is 0.625. The van der Waals surface area contributed by atoms with Crippen LogP contribution in [0, 0.1) is 5.92 Å². The van der Waals surface area contributed by atoms with Crippen LogP contribution in [0.25, 0.3) is 0 Å². The first-order valence-corrected chi connectivity index (χ1v) is 6.69. The number of nitrogens with one attached hydrogen (secondary N) is 1. The molecule has 1 saturated heterocycles. The SMILES string of the molecule is CC(CN)CSCCN1CCNCC1. The van der Waals surface area contributed by atoms with Gasteiger partial charge in [-0.25, -0.2) is 0 Å². The average molecular weight is 217 g/mol. The summed E-state index contributed by atoms with van der Waals surface area (Å²) in [5, 5.41) is 3.37. The van der Waals surface area contributed by atoms with E-state index in [2.05, 4.69) is 17.1 Å². The van der Waals surface area contributed by atoms with Crippen LogP contribution in [0.5, 0.6) is 0 Å². The van der Waals surface area contributed by atoms with Crippen LogP contribution in [-0.4, -0.2) is 55.7 Å². The van der Waals surface area contributed by atoms with E-state index in [1.165, 1.54) is 31.1 Å². The van der Waals surface area contributed by atoms with E-state index in [1.807, 2.05) is 11.8 Å². The van der Waals surface area contributed by atoms with Crippen molar-refractivity contribution in [1.82, 2.24) is 10.2 Å². The van der Waals surface area contributed by atoms with E-state index in [4.69, 9.17) is 5.73 Å². The molecule has 0 amide bonds. The van der Waals surface area contributed by atoms with E-state index in [0.29, 0.717) is 5.92 Å². The minimum atomic E-state index is 0.669. The molecule has 3 N–H and O–H groups in total. The maximum atomic E-state index is 5.57. The van der Waals surface area contributed by atoms with E-state index < -0.39 is 0 Å². The zero-order chi connectivity index (χ0) is 10.2. The van der Waals surface area contributed by atoms with E-state index in [1.54, 1.807) is 0 Å². The zero-order valence-corrected chi connectivity index (χ0v) is 9.98. The summed E-state index contributed by atoms with van der Waals surface area (Å²) in [6.45, 7) is 9.02. The fraction of sp³-hybridized carbons (Fsp3) is 1.00. The Labute approximate surface area is 91.8 Å². The van der Waals surface area contributed by atoms with Gasteiger partial charge in [-0.1, -0.05) is 6.92 Å². The summed E-state index contributed by atoms with van der Waals surface area (Å²) in [4.78, 5) is 2.54. The maximum absolute atomic E-state index is 5.57. The maximum Gasteiger partial charge on any atom is 0.0108 e. The highest BCUT2D eigenvalue weighted by Gasteiger charge is 2.08. The molecule has 0 aromatic heterocycles. The molecule has 0 bridgehead atoms. The van der Waals surface area contributed by atoms with Crippen LogP contribution in [0.3, 0.4) is 0 Å². The Hall–Kier alpha value is 0.230. The summed E-state index contributed by atoms with van der Waals surface area (Å²) in [6, 6.07) is 0. The van der Waals surface area contributed by atoms with Crippen molar-refractivity contribution in [2.45, 2.75) is 6.92 Å². The van der Waals surface area contributed by atoms with Gasteiger partial charge >= 0.3 is 0 Å². The second kappa shape index (κ2) is 7.51. The second-order valence-electron chi connectivity index (χ2n) is 4.01. The molecule has 0 radical (unpaired) electrons. The largest absolute Gasteiger partial charge is 0.330 e. The lowest BCUT2D eigenvalue weighted by Crippen LogP contribution is -2.44. The van der Waals surface area contributed by atoms with Crippen LogP contribution in [0.2, 0.25) is 0 Å². The number of hydrogen-bond donors (Lipinski definition) is 2. The van der Waals surface area contributed by atoms with Crippen LogP contribution >= 0.6 is 11.8 Å². The number of nitrogens with two attached hydrogens (primary N) is 1. The first kappa shape index (κ1) is 12.3. The number of nitrogens with zero attached hydrogens (tertiary/aromatic N) is 1. The third-order valence-corrected chi connectivity index (χ3v) is 3.84. The highest BCUT2D eigenvalue weighted by molar-refractivity contribution is 7.99. The summed E-state index contributed by atoms with van der Waals surface area (Å²) in [5.74, 6) is 3.13. The summed E-state index contributed by atoms with van der Waals surface area (Å²) in [5.41, 5.74) is 5.57. The summed E-state index contributed by atoms with van der Waals surface area (Å²) >= 11 is 2.04. The molecular formula is C10H23N3S. The molecule has 0 aliphatic carbocycles. The monoisotopic (exact) mass is 217 g/mol. The first-order chi connectivity index (χ1) is 6.83. The molecule has 1 fully saturated rings. The predicted octanol–water partition coefficient (Wildman–Crippen LogP) is 0.220. The molecule has 1 aliphatic rings. The van der Waals surface area contributed by atoms with E-state index in [-0.39, 0.29) is 0 Å². The van der Waals surface area contributed by atoms with Gasteiger partial charge in [0.2, 0.25) is 0 Å². The van der Waals surface area contributed by atoms with E-state index >= 15 is 0 Å². The Morgan fingerprint density at radius 1 is 1.43 bits per heavy atom. The van der Waals surface area contributed by atoms with Crippen LogP contribution in [0.15, 0.2) is 0 Å². The molecule has 0 spiro atoms. The molecule has 1 atom stereocenters. The van der Waals surface area contributed by atoms with Gasteiger partial charge in [0.05, 0.1) is 0 Å². The van der Waals surface area contributed by atoms with Gasteiger partial charge in [0.25, 0.3) is 0 Å². The van der Waals surface area contributed by atoms with Crippen LogP contribution in [0.1, 0.15) is 6.92 Å². The Morgan fingerprint density at radius 2 is 2.14 bits per heavy atom. The molecule has 3 nitrogen and oxygen atoms in total.